The third-order valence-electron chi connectivity index (χ3n) is 1.34. The molecule has 0 atom stereocenters. The van der Waals surface area contributed by atoms with Crippen molar-refractivity contribution in [2.24, 2.45) is 0 Å². The van der Waals surface area contributed by atoms with Crippen LogP contribution in [0.15, 0.2) is 0 Å². The van der Waals surface area contributed by atoms with Gasteiger partial charge in [0.2, 0.25) is 5.95 Å². The Bertz CT molecular complexity index is 256. The molecule has 5 heteroatoms. The second kappa shape index (κ2) is 9.68. The van der Waals surface area contributed by atoms with E-state index in [1.165, 1.54) is 0 Å². The van der Waals surface area contributed by atoms with Crippen molar-refractivity contribution in [3.05, 3.63) is 16.4 Å². The molecular formula is C10H20ClN3O. The van der Waals surface area contributed by atoms with E-state index in [1.807, 2.05) is 27.7 Å². The molecule has 0 aliphatic rings. The Labute approximate surface area is 96.5 Å². The van der Waals surface area contributed by atoms with Crippen LogP contribution in [0.2, 0.25) is 5.15 Å². The Morgan fingerprint density at radius 1 is 1.20 bits per heavy atom. The number of aryl methyl sites for hydroxylation is 1. The zero-order valence-electron chi connectivity index (χ0n) is 10.0. The Hall–Kier alpha value is -0.870. The van der Waals surface area contributed by atoms with Crippen LogP contribution in [0.4, 0.5) is 5.95 Å². The molecule has 0 amide bonds. The first kappa shape index (κ1) is 16.6. The van der Waals surface area contributed by atoms with Crippen molar-refractivity contribution in [1.29, 1.82) is 0 Å². The zero-order chi connectivity index (χ0) is 12.4. The summed E-state index contributed by atoms with van der Waals surface area (Å²) >= 11 is 5.64. The fourth-order valence-corrected chi connectivity index (χ4v) is 1.04. The van der Waals surface area contributed by atoms with Crippen molar-refractivity contribution in [2.75, 3.05) is 5.73 Å². The Morgan fingerprint density at radius 3 is 2.00 bits per heavy atom. The molecule has 4 nitrogen and oxygen atoms in total. The highest BCUT2D eigenvalue weighted by molar-refractivity contribution is 6.30. The van der Waals surface area contributed by atoms with Gasteiger partial charge in [0.15, 0.2) is 0 Å². The minimum atomic E-state index is -0.162. The normalized spacial score (nSPS) is 8.20. The number of rotatable bonds is 1. The molecule has 0 saturated heterocycles. The third-order valence-corrected chi connectivity index (χ3v) is 1.65. The van der Waals surface area contributed by atoms with Gasteiger partial charge in [-0.15, -0.1) is 0 Å². The molecule has 0 aliphatic carbocycles. The number of hydrogen-bond acceptors (Lipinski definition) is 4. The molecule has 0 unspecified atom stereocenters. The molecule has 0 saturated carbocycles. The summed E-state index contributed by atoms with van der Waals surface area (Å²) < 4.78 is 0. The van der Waals surface area contributed by atoms with E-state index in [1.54, 1.807) is 6.92 Å². The zero-order valence-corrected chi connectivity index (χ0v) is 10.8. The van der Waals surface area contributed by atoms with E-state index in [4.69, 9.17) is 22.4 Å². The van der Waals surface area contributed by atoms with Crippen LogP contribution in [0.25, 0.3) is 0 Å². The molecule has 1 rings (SSSR count). The SMILES string of the molecule is CC.CC.Cc1nc(N)nc(Cl)c1CO. The van der Waals surface area contributed by atoms with Gasteiger partial charge in [-0.3, -0.25) is 0 Å². The summed E-state index contributed by atoms with van der Waals surface area (Å²) in [6, 6.07) is 0. The smallest absolute Gasteiger partial charge is 0.221 e. The summed E-state index contributed by atoms with van der Waals surface area (Å²) in [5, 5.41) is 9.00. The van der Waals surface area contributed by atoms with Gasteiger partial charge in [0, 0.05) is 11.3 Å². The van der Waals surface area contributed by atoms with Gasteiger partial charge in [0.25, 0.3) is 0 Å². The van der Waals surface area contributed by atoms with E-state index >= 15 is 0 Å². The second-order valence-corrected chi connectivity index (χ2v) is 2.45. The maximum atomic E-state index is 8.78. The van der Waals surface area contributed by atoms with E-state index in [0.29, 0.717) is 11.3 Å². The molecule has 0 aliphatic heterocycles. The number of hydrogen-bond donors (Lipinski definition) is 2. The topological polar surface area (TPSA) is 72.0 Å². The molecule has 0 spiro atoms. The monoisotopic (exact) mass is 233 g/mol. The summed E-state index contributed by atoms with van der Waals surface area (Å²) in [6.07, 6.45) is 0. The molecule has 15 heavy (non-hydrogen) atoms. The first-order chi connectivity index (χ1) is 7.15. The first-order valence-corrected chi connectivity index (χ1v) is 5.42. The minimum Gasteiger partial charge on any atom is -0.391 e. The fourth-order valence-electron chi connectivity index (χ4n) is 0.761. The lowest BCUT2D eigenvalue weighted by molar-refractivity contribution is 0.280. The van der Waals surface area contributed by atoms with Crippen molar-refractivity contribution in [3.8, 4) is 0 Å². The summed E-state index contributed by atoms with van der Waals surface area (Å²) in [5.41, 5.74) is 6.44. The lowest BCUT2D eigenvalue weighted by Gasteiger charge is -2.03. The average Bonchev–Trinajstić information content (AvgIpc) is 2.23. The molecule has 88 valence electrons. The quantitative estimate of drug-likeness (QED) is 0.732. The van der Waals surface area contributed by atoms with Crippen LogP contribution in [0.1, 0.15) is 39.0 Å². The first-order valence-electron chi connectivity index (χ1n) is 5.04. The molecule has 1 aromatic heterocycles. The van der Waals surface area contributed by atoms with Gasteiger partial charge in [0.05, 0.1) is 6.61 Å². The van der Waals surface area contributed by atoms with Crippen LogP contribution in [0, 0.1) is 6.92 Å². The lowest BCUT2D eigenvalue weighted by atomic mass is 10.2. The van der Waals surface area contributed by atoms with Crippen molar-refractivity contribution in [1.82, 2.24) is 9.97 Å². The fraction of sp³-hybridized carbons (Fsp3) is 0.600. The van der Waals surface area contributed by atoms with Gasteiger partial charge in [0.1, 0.15) is 5.15 Å². The van der Waals surface area contributed by atoms with Crippen LogP contribution in [0.5, 0.6) is 0 Å². The van der Waals surface area contributed by atoms with Crippen LogP contribution in [-0.2, 0) is 6.61 Å². The predicted molar refractivity (Wildman–Crippen MR) is 64.8 cm³/mol. The van der Waals surface area contributed by atoms with E-state index in [0.717, 1.165) is 0 Å². The Balaban J connectivity index is 0. The highest BCUT2D eigenvalue weighted by atomic mass is 35.5. The van der Waals surface area contributed by atoms with Gasteiger partial charge in [-0.1, -0.05) is 39.3 Å². The Morgan fingerprint density at radius 2 is 1.67 bits per heavy atom. The average molecular weight is 234 g/mol. The molecule has 1 aromatic rings. The highest BCUT2D eigenvalue weighted by Crippen LogP contribution is 2.16. The third kappa shape index (κ3) is 5.54. The second-order valence-electron chi connectivity index (χ2n) is 2.09. The molecular weight excluding hydrogens is 214 g/mol. The van der Waals surface area contributed by atoms with Crippen LogP contribution in [0.3, 0.4) is 0 Å². The van der Waals surface area contributed by atoms with Gasteiger partial charge in [-0.2, -0.15) is 0 Å². The van der Waals surface area contributed by atoms with E-state index < -0.39 is 0 Å². The largest absolute Gasteiger partial charge is 0.391 e. The molecule has 0 aromatic carbocycles. The van der Waals surface area contributed by atoms with E-state index in [2.05, 4.69) is 9.97 Å². The number of nitrogens with zero attached hydrogens (tertiary/aromatic N) is 2. The van der Waals surface area contributed by atoms with Crippen molar-refractivity contribution >= 4 is 17.5 Å². The van der Waals surface area contributed by atoms with Crippen molar-refractivity contribution in [3.63, 3.8) is 0 Å². The summed E-state index contributed by atoms with van der Waals surface area (Å²) in [7, 11) is 0. The predicted octanol–water partition coefficient (Wildman–Crippen LogP) is 2.57. The van der Waals surface area contributed by atoms with Crippen LogP contribution < -0.4 is 5.73 Å². The van der Waals surface area contributed by atoms with Gasteiger partial charge < -0.3 is 10.8 Å². The minimum absolute atomic E-state index is 0.129. The van der Waals surface area contributed by atoms with Gasteiger partial charge in [-0.25, -0.2) is 9.97 Å². The number of aliphatic hydroxyl groups is 1. The maximum Gasteiger partial charge on any atom is 0.221 e. The molecule has 0 radical (unpaired) electrons. The lowest BCUT2D eigenvalue weighted by Crippen LogP contribution is -2.02. The van der Waals surface area contributed by atoms with Gasteiger partial charge in [-0.05, 0) is 6.92 Å². The number of nitrogen functional groups attached to an aromatic ring is 1. The molecule has 0 bridgehead atoms. The molecule has 0 fully saturated rings. The van der Waals surface area contributed by atoms with Crippen LogP contribution in [-0.4, -0.2) is 15.1 Å². The van der Waals surface area contributed by atoms with Crippen molar-refractivity contribution < 1.29 is 5.11 Å². The maximum absolute atomic E-state index is 8.78. The molecule has 3 N–H and O–H groups in total. The van der Waals surface area contributed by atoms with E-state index in [9.17, 15) is 0 Å². The molecule has 1 heterocycles. The standard InChI is InChI=1S/C6H8ClN3O.2C2H6/c1-3-4(2-11)5(7)10-6(8)9-3;2*1-2/h11H,2H2,1H3,(H2,8,9,10);2*1-2H3. The number of halogens is 1. The Kier molecular flexibility index (Phi) is 10.7. The van der Waals surface area contributed by atoms with Gasteiger partial charge >= 0.3 is 0 Å². The number of anilines is 1. The van der Waals surface area contributed by atoms with Crippen molar-refractivity contribution in [2.45, 2.75) is 41.2 Å². The van der Waals surface area contributed by atoms with E-state index in [-0.39, 0.29) is 17.7 Å². The summed E-state index contributed by atoms with van der Waals surface area (Å²) in [6.45, 7) is 9.56. The number of nitrogens with two attached hydrogens (primary N) is 1. The summed E-state index contributed by atoms with van der Waals surface area (Å²) in [4.78, 5) is 7.50. The highest BCUT2D eigenvalue weighted by Gasteiger charge is 2.06. The summed E-state index contributed by atoms with van der Waals surface area (Å²) in [5.74, 6) is 0.129. The van der Waals surface area contributed by atoms with Crippen LogP contribution >= 0.6 is 11.6 Å². The number of aliphatic hydroxyl groups excluding tert-OH is 1. The number of aromatic nitrogens is 2.